The summed E-state index contributed by atoms with van der Waals surface area (Å²) < 4.78 is 5.78. The van der Waals surface area contributed by atoms with Crippen LogP contribution in [0.3, 0.4) is 0 Å². The van der Waals surface area contributed by atoms with E-state index in [0.29, 0.717) is 11.7 Å². The molecule has 0 aliphatic carbocycles. The number of carbonyl (C=O) groups is 2. The molecule has 1 rings (SSSR count). The minimum Gasteiger partial charge on any atom is -0.453 e. The number of nitrogens with zero attached hydrogens (tertiary/aromatic N) is 2. The lowest BCUT2D eigenvalue weighted by Gasteiger charge is -2.10. The SMILES string of the molecule is CCCn1c(S[C@@H](C)C(=O)NC(=O)OC)n[nH]c1=O. The maximum Gasteiger partial charge on any atom is 0.413 e. The van der Waals surface area contributed by atoms with Crippen molar-refractivity contribution in [1.82, 2.24) is 20.1 Å². The number of aromatic amines is 1. The average molecular weight is 288 g/mol. The fraction of sp³-hybridized carbons (Fsp3) is 0.600. The molecule has 0 unspecified atom stereocenters. The molecule has 0 saturated carbocycles. The number of hydrogen-bond acceptors (Lipinski definition) is 6. The zero-order valence-corrected chi connectivity index (χ0v) is 11.7. The predicted molar refractivity (Wildman–Crippen MR) is 69.0 cm³/mol. The lowest BCUT2D eigenvalue weighted by Crippen LogP contribution is -2.36. The van der Waals surface area contributed by atoms with Gasteiger partial charge in [0.25, 0.3) is 0 Å². The second-order valence-electron chi connectivity index (χ2n) is 3.70. The first-order valence-electron chi connectivity index (χ1n) is 5.70. The first-order valence-corrected chi connectivity index (χ1v) is 6.58. The highest BCUT2D eigenvalue weighted by molar-refractivity contribution is 8.00. The summed E-state index contributed by atoms with van der Waals surface area (Å²) in [5, 5.41) is 8.08. The van der Waals surface area contributed by atoms with Crippen molar-refractivity contribution in [1.29, 1.82) is 0 Å². The number of methoxy groups -OCH3 is 1. The Labute approximate surface area is 113 Å². The van der Waals surface area contributed by atoms with E-state index in [0.717, 1.165) is 18.2 Å². The van der Waals surface area contributed by atoms with Crippen LogP contribution in [0.1, 0.15) is 20.3 Å². The van der Waals surface area contributed by atoms with E-state index in [-0.39, 0.29) is 5.69 Å². The quantitative estimate of drug-likeness (QED) is 0.757. The van der Waals surface area contributed by atoms with Crippen LogP contribution in [0.2, 0.25) is 0 Å². The predicted octanol–water partition coefficient (Wildman–Crippen LogP) is 0.345. The molecule has 19 heavy (non-hydrogen) atoms. The van der Waals surface area contributed by atoms with Crippen LogP contribution < -0.4 is 11.0 Å². The Balaban J connectivity index is 2.71. The Morgan fingerprint density at radius 2 is 2.26 bits per heavy atom. The number of carbonyl (C=O) groups excluding carboxylic acids is 2. The van der Waals surface area contributed by atoms with Crippen molar-refractivity contribution in [2.24, 2.45) is 0 Å². The molecule has 106 valence electrons. The first kappa shape index (κ1) is 15.3. The number of alkyl carbamates (subject to hydrolysis) is 1. The number of aromatic nitrogens is 3. The fourth-order valence-electron chi connectivity index (χ4n) is 1.28. The highest BCUT2D eigenvalue weighted by Gasteiger charge is 2.20. The van der Waals surface area contributed by atoms with Gasteiger partial charge < -0.3 is 4.74 Å². The van der Waals surface area contributed by atoms with Crippen LogP contribution >= 0.6 is 11.8 Å². The first-order chi connectivity index (χ1) is 8.99. The minimum absolute atomic E-state index is 0.315. The molecule has 0 saturated heterocycles. The van der Waals surface area contributed by atoms with E-state index in [1.54, 1.807) is 6.92 Å². The lowest BCUT2D eigenvalue weighted by atomic mass is 10.4. The van der Waals surface area contributed by atoms with Gasteiger partial charge in [-0.1, -0.05) is 18.7 Å². The lowest BCUT2D eigenvalue weighted by molar-refractivity contribution is -0.119. The molecule has 0 aliphatic rings. The van der Waals surface area contributed by atoms with Crippen LogP contribution in [0.5, 0.6) is 0 Å². The molecular weight excluding hydrogens is 272 g/mol. The van der Waals surface area contributed by atoms with E-state index in [1.807, 2.05) is 6.92 Å². The van der Waals surface area contributed by atoms with E-state index in [9.17, 15) is 14.4 Å². The molecule has 0 radical (unpaired) electrons. The summed E-state index contributed by atoms with van der Waals surface area (Å²) in [4.78, 5) is 34.0. The van der Waals surface area contributed by atoms with Crippen LogP contribution in [0.25, 0.3) is 0 Å². The van der Waals surface area contributed by atoms with Crippen molar-refractivity contribution < 1.29 is 14.3 Å². The molecule has 8 nitrogen and oxygen atoms in total. The molecule has 1 aromatic heterocycles. The van der Waals surface area contributed by atoms with Crippen molar-refractivity contribution in [2.45, 2.75) is 37.2 Å². The summed E-state index contributed by atoms with van der Waals surface area (Å²) >= 11 is 1.09. The molecule has 0 fully saturated rings. The Bertz CT molecular complexity index is 510. The number of imide groups is 1. The van der Waals surface area contributed by atoms with Crippen molar-refractivity contribution in [3.8, 4) is 0 Å². The van der Waals surface area contributed by atoms with E-state index < -0.39 is 17.3 Å². The van der Waals surface area contributed by atoms with Crippen LogP contribution in [-0.4, -0.2) is 39.1 Å². The third kappa shape index (κ3) is 4.12. The van der Waals surface area contributed by atoms with Gasteiger partial charge in [-0.15, -0.1) is 5.10 Å². The van der Waals surface area contributed by atoms with Gasteiger partial charge >= 0.3 is 11.8 Å². The molecule has 1 heterocycles. The number of rotatable bonds is 5. The van der Waals surface area contributed by atoms with Crippen molar-refractivity contribution in [2.75, 3.05) is 7.11 Å². The Morgan fingerprint density at radius 3 is 2.84 bits per heavy atom. The zero-order valence-electron chi connectivity index (χ0n) is 10.9. The molecule has 0 aliphatic heterocycles. The van der Waals surface area contributed by atoms with Gasteiger partial charge in [-0.2, -0.15) is 0 Å². The number of hydrogen-bond donors (Lipinski definition) is 2. The van der Waals surface area contributed by atoms with Crippen molar-refractivity contribution in [3.63, 3.8) is 0 Å². The molecule has 1 atom stereocenters. The number of thioether (sulfide) groups is 1. The van der Waals surface area contributed by atoms with Gasteiger partial charge in [-0.3, -0.25) is 14.7 Å². The number of H-pyrrole nitrogens is 1. The monoisotopic (exact) mass is 288 g/mol. The molecule has 0 bridgehead atoms. The molecule has 1 aromatic rings. The fourth-order valence-corrected chi connectivity index (χ4v) is 2.16. The maximum absolute atomic E-state index is 11.6. The second-order valence-corrected chi connectivity index (χ2v) is 5.01. The topological polar surface area (TPSA) is 106 Å². The van der Waals surface area contributed by atoms with E-state index >= 15 is 0 Å². The van der Waals surface area contributed by atoms with Crippen molar-refractivity contribution >= 4 is 23.8 Å². The number of amides is 2. The van der Waals surface area contributed by atoms with Gasteiger partial charge in [0, 0.05) is 6.54 Å². The van der Waals surface area contributed by atoms with Gasteiger partial charge in [0.1, 0.15) is 0 Å². The minimum atomic E-state index is -0.814. The standard InChI is InChI=1S/C10H16N4O4S/c1-4-5-14-8(16)12-13-9(14)19-6(2)7(15)11-10(17)18-3/h6H,4-5H2,1-3H3,(H,12,16)(H,11,15,17)/t6-/m0/s1. The average Bonchev–Trinajstić information content (AvgIpc) is 2.71. The van der Waals surface area contributed by atoms with Crippen LogP contribution in [-0.2, 0) is 16.1 Å². The molecule has 2 amide bonds. The maximum atomic E-state index is 11.6. The summed E-state index contributed by atoms with van der Waals surface area (Å²) in [5.41, 5.74) is -0.315. The van der Waals surface area contributed by atoms with E-state index in [4.69, 9.17) is 0 Å². The van der Waals surface area contributed by atoms with Crippen LogP contribution in [0, 0.1) is 0 Å². The molecular formula is C10H16N4O4S. The summed E-state index contributed by atoms with van der Waals surface area (Å²) in [5.74, 6) is -0.504. The third-order valence-corrected chi connectivity index (χ3v) is 3.32. The molecule has 0 spiro atoms. The second kappa shape index (κ2) is 6.98. The van der Waals surface area contributed by atoms with E-state index in [2.05, 4.69) is 20.3 Å². The van der Waals surface area contributed by atoms with Gasteiger partial charge in [-0.25, -0.2) is 14.7 Å². The number of nitrogens with one attached hydrogen (secondary N) is 2. The Morgan fingerprint density at radius 1 is 1.58 bits per heavy atom. The summed E-state index contributed by atoms with van der Waals surface area (Å²) in [6, 6.07) is 0. The summed E-state index contributed by atoms with van der Waals surface area (Å²) in [7, 11) is 1.17. The normalized spacial score (nSPS) is 11.9. The van der Waals surface area contributed by atoms with Gasteiger partial charge in [0.05, 0.1) is 12.4 Å². The van der Waals surface area contributed by atoms with Crippen molar-refractivity contribution in [3.05, 3.63) is 10.5 Å². The smallest absolute Gasteiger partial charge is 0.413 e. The van der Waals surface area contributed by atoms with Gasteiger partial charge in [-0.05, 0) is 13.3 Å². The largest absolute Gasteiger partial charge is 0.453 e. The molecule has 0 aromatic carbocycles. The summed E-state index contributed by atoms with van der Waals surface area (Å²) in [6.07, 6.45) is -0.0409. The van der Waals surface area contributed by atoms with Gasteiger partial charge in [0.2, 0.25) is 5.91 Å². The number of ether oxygens (including phenoxy) is 1. The molecule has 2 N–H and O–H groups in total. The zero-order chi connectivity index (χ0) is 14.4. The third-order valence-electron chi connectivity index (χ3n) is 2.23. The highest BCUT2D eigenvalue weighted by Crippen LogP contribution is 2.19. The van der Waals surface area contributed by atoms with Crippen LogP contribution in [0.15, 0.2) is 9.95 Å². The highest BCUT2D eigenvalue weighted by atomic mass is 32.2. The van der Waals surface area contributed by atoms with Crippen LogP contribution in [0.4, 0.5) is 4.79 Å². The van der Waals surface area contributed by atoms with E-state index in [1.165, 1.54) is 11.7 Å². The van der Waals surface area contributed by atoms with Gasteiger partial charge in [0.15, 0.2) is 5.16 Å². The Kier molecular flexibility index (Phi) is 5.61. The Hall–Kier alpha value is -1.77. The molecule has 9 heteroatoms. The summed E-state index contributed by atoms with van der Waals surface area (Å²) in [6.45, 7) is 4.06.